The summed E-state index contributed by atoms with van der Waals surface area (Å²) in [5, 5.41) is 19.8. The third-order valence-electron chi connectivity index (χ3n) is 2.96. The van der Waals surface area contributed by atoms with Gasteiger partial charge in [0.05, 0.1) is 10.5 Å². The van der Waals surface area contributed by atoms with E-state index in [0.29, 0.717) is 18.5 Å². The van der Waals surface area contributed by atoms with Crippen LogP contribution in [0.1, 0.15) is 25.8 Å². The lowest BCUT2D eigenvalue weighted by Crippen LogP contribution is -2.32. The Hall–Kier alpha value is -1.62. The zero-order chi connectivity index (χ0) is 13.7. The van der Waals surface area contributed by atoms with Crippen LogP contribution in [-0.4, -0.2) is 29.2 Å². The van der Waals surface area contributed by atoms with E-state index in [1.54, 1.807) is 13.0 Å². The molecule has 0 amide bonds. The normalized spacial score (nSPS) is 10.7. The highest BCUT2D eigenvalue weighted by molar-refractivity contribution is 5.61. The standard InChI is InChI=1S/C13H20N2O3/c1-10(2)14(8-5-9-16)12-6-4-7-13(11(12)3)15(17)18/h4,6-7,10,16H,5,8-9H2,1-3H3. The minimum absolute atomic E-state index is 0.122. The minimum Gasteiger partial charge on any atom is -0.396 e. The molecule has 100 valence electrons. The molecule has 1 aromatic rings. The van der Waals surface area contributed by atoms with E-state index in [1.165, 1.54) is 6.07 Å². The Morgan fingerprint density at radius 2 is 2.11 bits per heavy atom. The Labute approximate surface area is 107 Å². The molecule has 0 aliphatic heterocycles. The first-order valence-electron chi connectivity index (χ1n) is 6.10. The van der Waals surface area contributed by atoms with Crippen LogP contribution in [0.15, 0.2) is 18.2 Å². The van der Waals surface area contributed by atoms with Crippen LogP contribution in [0.4, 0.5) is 11.4 Å². The predicted molar refractivity (Wildman–Crippen MR) is 72.0 cm³/mol. The number of nitrogens with zero attached hydrogens (tertiary/aromatic N) is 2. The first-order chi connectivity index (χ1) is 8.49. The molecule has 0 saturated heterocycles. The molecule has 0 aliphatic carbocycles. The molecule has 0 saturated carbocycles. The highest BCUT2D eigenvalue weighted by Crippen LogP contribution is 2.29. The van der Waals surface area contributed by atoms with Crippen LogP contribution in [0.5, 0.6) is 0 Å². The van der Waals surface area contributed by atoms with E-state index in [1.807, 2.05) is 19.9 Å². The van der Waals surface area contributed by atoms with Crippen molar-refractivity contribution in [3.63, 3.8) is 0 Å². The zero-order valence-electron chi connectivity index (χ0n) is 11.1. The van der Waals surface area contributed by atoms with Gasteiger partial charge in [-0.25, -0.2) is 0 Å². The molecule has 0 heterocycles. The second-order valence-corrected chi connectivity index (χ2v) is 4.54. The van der Waals surface area contributed by atoms with Gasteiger partial charge in [-0.3, -0.25) is 10.1 Å². The number of benzene rings is 1. The van der Waals surface area contributed by atoms with Crippen molar-refractivity contribution in [2.24, 2.45) is 0 Å². The second kappa shape index (κ2) is 6.35. The molecular formula is C13H20N2O3. The average Bonchev–Trinajstić information content (AvgIpc) is 2.30. The SMILES string of the molecule is Cc1c(N(CCCO)C(C)C)cccc1[N+](=O)[O-]. The van der Waals surface area contributed by atoms with E-state index in [9.17, 15) is 10.1 Å². The molecule has 1 N–H and O–H groups in total. The molecule has 0 spiro atoms. The van der Waals surface area contributed by atoms with Crippen molar-refractivity contribution in [3.8, 4) is 0 Å². The lowest BCUT2D eigenvalue weighted by molar-refractivity contribution is -0.385. The molecule has 0 bridgehead atoms. The average molecular weight is 252 g/mol. The van der Waals surface area contributed by atoms with E-state index < -0.39 is 0 Å². The van der Waals surface area contributed by atoms with Crippen molar-refractivity contribution >= 4 is 11.4 Å². The molecule has 0 fully saturated rings. The van der Waals surface area contributed by atoms with Crippen LogP contribution in [0, 0.1) is 17.0 Å². The predicted octanol–water partition coefficient (Wildman–Crippen LogP) is 2.50. The van der Waals surface area contributed by atoms with Crippen LogP contribution in [0.3, 0.4) is 0 Å². The Morgan fingerprint density at radius 3 is 2.61 bits per heavy atom. The maximum Gasteiger partial charge on any atom is 0.274 e. The maximum atomic E-state index is 10.9. The monoisotopic (exact) mass is 252 g/mol. The summed E-state index contributed by atoms with van der Waals surface area (Å²) < 4.78 is 0. The highest BCUT2D eigenvalue weighted by atomic mass is 16.6. The Bertz CT molecular complexity index is 419. The third kappa shape index (κ3) is 3.20. The fourth-order valence-corrected chi connectivity index (χ4v) is 2.02. The van der Waals surface area contributed by atoms with Crippen molar-refractivity contribution in [3.05, 3.63) is 33.9 Å². The van der Waals surface area contributed by atoms with Crippen molar-refractivity contribution in [2.75, 3.05) is 18.1 Å². The minimum atomic E-state index is -0.358. The van der Waals surface area contributed by atoms with Gasteiger partial charge in [0.25, 0.3) is 5.69 Å². The van der Waals surface area contributed by atoms with Gasteiger partial charge >= 0.3 is 0 Å². The Balaban J connectivity index is 3.12. The molecule has 5 heteroatoms. The number of hydrogen-bond donors (Lipinski definition) is 1. The van der Waals surface area contributed by atoms with E-state index in [-0.39, 0.29) is 23.3 Å². The fraction of sp³-hybridized carbons (Fsp3) is 0.538. The van der Waals surface area contributed by atoms with Gasteiger partial charge in [0.1, 0.15) is 0 Å². The first kappa shape index (κ1) is 14.4. The second-order valence-electron chi connectivity index (χ2n) is 4.54. The quantitative estimate of drug-likeness (QED) is 0.624. The molecule has 5 nitrogen and oxygen atoms in total. The molecular weight excluding hydrogens is 232 g/mol. The molecule has 0 unspecified atom stereocenters. The summed E-state index contributed by atoms with van der Waals surface area (Å²) in [7, 11) is 0. The van der Waals surface area contributed by atoms with E-state index >= 15 is 0 Å². The number of hydrogen-bond acceptors (Lipinski definition) is 4. The summed E-state index contributed by atoms with van der Waals surface area (Å²) in [6.45, 7) is 6.65. The van der Waals surface area contributed by atoms with E-state index in [2.05, 4.69) is 4.90 Å². The number of aliphatic hydroxyl groups excluding tert-OH is 1. The summed E-state index contributed by atoms with van der Waals surface area (Å²) in [6.07, 6.45) is 0.653. The van der Waals surface area contributed by atoms with Gasteiger partial charge in [0, 0.05) is 30.9 Å². The van der Waals surface area contributed by atoms with Gasteiger partial charge in [-0.1, -0.05) is 6.07 Å². The molecule has 0 radical (unpaired) electrons. The summed E-state index contributed by atoms with van der Waals surface area (Å²) in [5.74, 6) is 0. The van der Waals surface area contributed by atoms with Gasteiger partial charge in [-0.2, -0.15) is 0 Å². The molecule has 0 aliphatic rings. The van der Waals surface area contributed by atoms with Gasteiger partial charge in [-0.15, -0.1) is 0 Å². The van der Waals surface area contributed by atoms with Crippen molar-refractivity contribution in [1.29, 1.82) is 0 Å². The topological polar surface area (TPSA) is 66.6 Å². The van der Waals surface area contributed by atoms with Gasteiger partial charge < -0.3 is 10.0 Å². The van der Waals surface area contributed by atoms with Crippen LogP contribution in [-0.2, 0) is 0 Å². The summed E-state index contributed by atoms with van der Waals surface area (Å²) in [4.78, 5) is 12.7. The van der Waals surface area contributed by atoms with E-state index in [4.69, 9.17) is 5.11 Å². The molecule has 0 atom stereocenters. The van der Waals surface area contributed by atoms with E-state index in [0.717, 1.165) is 5.69 Å². The lowest BCUT2D eigenvalue weighted by atomic mass is 10.1. The Kier molecular flexibility index (Phi) is 5.09. The van der Waals surface area contributed by atoms with Gasteiger partial charge in [0.15, 0.2) is 0 Å². The van der Waals surface area contributed by atoms with Crippen molar-refractivity contribution in [1.82, 2.24) is 0 Å². The smallest absolute Gasteiger partial charge is 0.274 e. The third-order valence-corrected chi connectivity index (χ3v) is 2.96. The Morgan fingerprint density at radius 1 is 1.44 bits per heavy atom. The molecule has 18 heavy (non-hydrogen) atoms. The molecule has 1 aromatic carbocycles. The summed E-state index contributed by atoms with van der Waals surface area (Å²) in [6, 6.07) is 5.34. The summed E-state index contributed by atoms with van der Waals surface area (Å²) >= 11 is 0. The largest absolute Gasteiger partial charge is 0.396 e. The number of nitro benzene ring substituents is 1. The van der Waals surface area contributed by atoms with Gasteiger partial charge in [0.2, 0.25) is 0 Å². The van der Waals surface area contributed by atoms with Crippen molar-refractivity contribution < 1.29 is 10.0 Å². The van der Waals surface area contributed by atoms with Gasteiger partial charge in [-0.05, 0) is 33.3 Å². The van der Waals surface area contributed by atoms with Crippen LogP contribution in [0.2, 0.25) is 0 Å². The summed E-state index contributed by atoms with van der Waals surface area (Å²) in [5.41, 5.74) is 1.68. The molecule has 0 aromatic heterocycles. The number of rotatable bonds is 6. The van der Waals surface area contributed by atoms with Crippen LogP contribution in [0.25, 0.3) is 0 Å². The fourth-order valence-electron chi connectivity index (χ4n) is 2.02. The number of aliphatic hydroxyl groups is 1. The first-order valence-corrected chi connectivity index (χ1v) is 6.10. The maximum absolute atomic E-state index is 10.9. The molecule has 1 rings (SSSR count). The number of nitro groups is 1. The lowest BCUT2D eigenvalue weighted by Gasteiger charge is -2.30. The van der Waals surface area contributed by atoms with Crippen LogP contribution >= 0.6 is 0 Å². The van der Waals surface area contributed by atoms with Crippen LogP contribution < -0.4 is 4.90 Å². The number of anilines is 1. The van der Waals surface area contributed by atoms with Crippen molar-refractivity contribution in [2.45, 2.75) is 33.2 Å². The zero-order valence-corrected chi connectivity index (χ0v) is 11.1. The highest BCUT2D eigenvalue weighted by Gasteiger charge is 2.18.